The second kappa shape index (κ2) is 9.96. The van der Waals surface area contributed by atoms with Crippen molar-refractivity contribution < 1.29 is 22.7 Å². The van der Waals surface area contributed by atoms with Crippen LogP contribution >= 0.6 is 0 Å². The van der Waals surface area contributed by atoms with Crippen LogP contribution in [-0.2, 0) is 22.3 Å². The molecule has 0 unspecified atom stereocenters. The lowest BCUT2D eigenvalue weighted by Crippen LogP contribution is -2.49. The number of nitrogens with zero attached hydrogens (tertiary/aromatic N) is 6. The van der Waals surface area contributed by atoms with E-state index in [2.05, 4.69) is 30.6 Å². The standard InChI is InChI=1S/C18H24F3N7O2/c1-30-11-6-22-17(29)13-27-9-7-26(8-10-27)12-16-23-24-25-28(16)15-4-2-14(3-5-15)18(19,20)21/h2-5H,6-13H2,1H3,(H,22,29). The van der Waals surface area contributed by atoms with Gasteiger partial charge in [0.15, 0.2) is 5.82 Å². The Labute approximate surface area is 171 Å². The minimum Gasteiger partial charge on any atom is -0.383 e. The molecule has 1 aliphatic heterocycles. The first-order chi connectivity index (χ1) is 14.4. The van der Waals surface area contributed by atoms with E-state index in [-0.39, 0.29) is 5.91 Å². The molecular weight excluding hydrogens is 403 g/mol. The fourth-order valence-corrected chi connectivity index (χ4v) is 3.15. The van der Waals surface area contributed by atoms with E-state index in [1.54, 1.807) is 7.11 Å². The number of amides is 1. The molecule has 0 radical (unpaired) electrons. The number of hydrogen-bond donors (Lipinski definition) is 1. The van der Waals surface area contributed by atoms with Crippen LogP contribution < -0.4 is 5.32 Å². The number of methoxy groups -OCH3 is 1. The van der Waals surface area contributed by atoms with E-state index >= 15 is 0 Å². The van der Waals surface area contributed by atoms with Gasteiger partial charge in [-0.25, -0.2) is 0 Å². The summed E-state index contributed by atoms with van der Waals surface area (Å²) in [6.45, 7) is 4.66. The number of carbonyl (C=O) groups is 1. The van der Waals surface area contributed by atoms with Crippen LogP contribution in [0.1, 0.15) is 11.4 Å². The van der Waals surface area contributed by atoms with Gasteiger partial charge in [0.05, 0.1) is 30.9 Å². The molecule has 164 valence electrons. The predicted octanol–water partition coefficient (Wildman–Crippen LogP) is 0.561. The highest BCUT2D eigenvalue weighted by Crippen LogP contribution is 2.29. The maximum absolute atomic E-state index is 12.8. The highest BCUT2D eigenvalue weighted by Gasteiger charge is 2.30. The van der Waals surface area contributed by atoms with E-state index < -0.39 is 11.7 Å². The van der Waals surface area contributed by atoms with Crippen molar-refractivity contribution in [3.63, 3.8) is 0 Å². The highest BCUT2D eigenvalue weighted by molar-refractivity contribution is 5.78. The summed E-state index contributed by atoms with van der Waals surface area (Å²) in [5.74, 6) is 0.507. The Hall–Kier alpha value is -2.57. The summed E-state index contributed by atoms with van der Waals surface area (Å²) in [7, 11) is 1.58. The minimum absolute atomic E-state index is 0.0354. The SMILES string of the molecule is COCCNC(=O)CN1CCN(Cc2nnnn2-c2ccc(C(F)(F)F)cc2)CC1. The van der Waals surface area contributed by atoms with Crippen molar-refractivity contribution in [2.45, 2.75) is 12.7 Å². The zero-order valence-corrected chi connectivity index (χ0v) is 16.6. The number of piperazine rings is 1. The number of nitrogens with one attached hydrogen (secondary N) is 1. The van der Waals surface area contributed by atoms with Crippen LogP contribution in [0.3, 0.4) is 0 Å². The van der Waals surface area contributed by atoms with Crippen molar-refractivity contribution in [3.8, 4) is 5.69 Å². The Balaban J connectivity index is 1.52. The van der Waals surface area contributed by atoms with Crippen LogP contribution in [0.4, 0.5) is 13.2 Å². The Kier molecular flexibility index (Phi) is 7.34. The van der Waals surface area contributed by atoms with Crippen molar-refractivity contribution in [3.05, 3.63) is 35.7 Å². The van der Waals surface area contributed by atoms with Gasteiger partial charge in [-0.15, -0.1) is 5.10 Å². The van der Waals surface area contributed by atoms with E-state index in [4.69, 9.17) is 4.74 Å². The molecule has 3 rings (SSSR count). The molecule has 1 aliphatic rings. The molecule has 9 nitrogen and oxygen atoms in total. The van der Waals surface area contributed by atoms with E-state index in [0.29, 0.717) is 37.8 Å². The molecule has 2 heterocycles. The van der Waals surface area contributed by atoms with E-state index in [1.165, 1.54) is 16.8 Å². The third kappa shape index (κ3) is 5.97. The van der Waals surface area contributed by atoms with Crippen molar-refractivity contribution in [2.24, 2.45) is 0 Å². The van der Waals surface area contributed by atoms with Crippen molar-refractivity contribution in [1.29, 1.82) is 0 Å². The lowest BCUT2D eigenvalue weighted by Gasteiger charge is -2.33. The largest absolute Gasteiger partial charge is 0.416 e. The van der Waals surface area contributed by atoms with Gasteiger partial charge in [-0.05, 0) is 34.7 Å². The molecule has 30 heavy (non-hydrogen) atoms. The normalized spacial score (nSPS) is 16.0. The number of hydrogen-bond acceptors (Lipinski definition) is 7. The molecule has 1 fully saturated rings. The number of carbonyl (C=O) groups excluding carboxylic acids is 1. The molecule has 0 spiro atoms. The fourth-order valence-electron chi connectivity index (χ4n) is 3.15. The fraction of sp³-hybridized carbons (Fsp3) is 0.556. The van der Waals surface area contributed by atoms with Crippen molar-refractivity contribution in [1.82, 2.24) is 35.3 Å². The third-order valence-corrected chi connectivity index (χ3v) is 4.80. The molecule has 0 saturated carbocycles. The highest BCUT2D eigenvalue weighted by atomic mass is 19.4. The third-order valence-electron chi connectivity index (χ3n) is 4.80. The van der Waals surface area contributed by atoms with Gasteiger partial charge in [-0.3, -0.25) is 14.6 Å². The summed E-state index contributed by atoms with van der Waals surface area (Å²) in [6, 6.07) is 4.72. The lowest BCUT2D eigenvalue weighted by molar-refractivity contribution is -0.137. The number of alkyl halides is 3. The van der Waals surface area contributed by atoms with Gasteiger partial charge in [0, 0.05) is 39.8 Å². The monoisotopic (exact) mass is 427 g/mol. The maximum Gasteiger partial charge on any atom is 0.416 e. The number of ether oxygens (including phenoxy) is 1. The van der Waals surface area contributed by atoms with Crippen LogP contribution in [0.5, 0.6) is 0 Å². The molecule has 1 aromatic heterocycles. The first-order valence-electron chi connectivity index (χ1n) is 9.52. The van der Waals surface area contributed by atoms with Crippen molar-refractivity contribution in [2.75, 3.05) is 53.0 Å². The quantitative estimate of drug-likeness (QED) is 0.616. The van der Waals surface area contributed by atoms with Gasteiger partial charge in [0.2, 0.25) is 5.91 Å². The van der Waals surface area contributed by atoms with Crippen molar-refractivity contribution >= 4 is 5.91 Å². The Bertz CT molecular complexity index is 818. The van der Waals surface area contributed by atoms with Crippen LogP contribution in [0.2, 0.25) is 0 Å². The Morgan fingerprint density at radius 1 is 1.13 bits per heavy atom. The molecule has 1 aromatic carbocycles. The van der Waals surface area contributed by atoms with E-state index in [1.807, 2.05) is 0 Å². The minimum atomic E-state index is -4.39. The van der Waals surface area contributed by atoms with E-state index in [9.17, 15) is 18.0 Å². The molecule has 12 heteroatoms. The van der Waals surface area contributed by atoms with Gasteiger partial charge in [0.1, 0.15) is 0 Å². The number of halogens is 3. The molecule has 1 saturated heterocycles. The average molecular weight is 427 g/mol. The lowest BCUT2D eigenvalue weighted by atomic mass is 10.2. The zero-order valence-electron chi connectivity index (χ0n) is 16.6. The number of benzene rings is 1. The molecule has 0 atom stereocenters. The molecular formula is C18H24F3N7O2. The van der Waals surface area contributed by atoms with Crippen LogP contribution in [0, 0.1) is 0 Å². The first-order valence-corrected chi connectivity index (χ1v) is 9.52. The molecule has 2 aromatic rings. The van der Waals surface area contributed by atoms with Gasteiger partial charge < -0.3 is 10.1 Å². The smallest absolute Gasteiger partial charge is 0.383 e. The van der Waals surface area contributed by atoms with Gasteiger partial charge in [-0.1, -0.05) is 0 Å². The zero-order chi connectivity index (χ0) is 21.6. The second-order valence-electron chi connectivity index (χ2n) is 6.95. The second-order valence-corrected chi connectivity index (χ2v) is 6.95. The topological polar surface area (TPSA) is 88.4 Å². The van der Waals surface area contributed by atoms with Crippen LogP contribution in [-0.4, -0.2) is 88.9 Å². The van der Waals surface area contributed by atoms with Crippen LogP contribution in [0.15, 0.2) is 24.3 Å². The molecule has 1 N–H and O–H groups in total. The summed E-state index contributed by atoms with van der Waals surface area (Å²) in [5.41, 5.74) is -0.252. The Morgan fingerprint density at radius 2 is 1.80 bits per heavy atom. The summed E-state index contributed by atoms with van der Waals surface area (Å²) >= 11 is 0. The molecule has 0 bridgehead atoms. The summed E-state index contributed by atoms with van der Waals surface area (Å²) in [6.07, 6.45) is -4.39. The molecule has 0 aliphatic carbocycles. The number of aromatic nitrogens is 4. The van der Waals surface area contributed by atoms with Gasteiger partial charge in [0.25, 0.3) is 0 Å². The average Bonchev–Trinajstić information content (AvgIpc) is 3.17. The van der Waals surface area contributed by atoms with Gasteiger partial charge >= 0.3 is 6.18 Å². The van der Waals surface area contributed by atoms with Crippen LogP contribution in [0.25, 0.3) is 5.69 Å². The summed E-state index contributed by atoms with van der Waals surface area (Å²) in [5, 5.41) is 14.4. The summed E-state index contributed by atoms with van der Waals surface area (Å²) in [4.78, 5) is 16.1. The van der Waals surface area contributed by atoms with Gasteiger partial charge in [-0.2, -0.15) is 17.9 Å². The predicted molar refractivity (Wildman–Crippen MR) is 101 cm³/mol. The first kappa shape index (κ1) is 22.1. The number of rotatable bonds is 8. The Morgan fingerprint density at radius 3 is 2.43 bits per heavy atom. The van der Waals surface area contributed by atoms with E-state index in [0.717, 1.165) is 38.3 Å². The maximum atomic E-state index is 12.8. The summed E-state index contributed by atoms with van der Waals surface area (Å²) < 4.78 is 44.6. The molecule has 1 amide bonds. The number of tetrazole rings is 1.